The Kier molecular flexibility index (Phi) is 4.97. The third kappa shape index (κ3) is 3.56. The first-order valence-electron chi connectivity index (χ1n) is 8.60. The summed E-state index contributed by atoms with van der Waals surface area (Å²) in [5.41, 5.74) is 1.89. The predicted molar refractivity (Wildman–Crippen MR) is 94.4 cm³/mol. The zero-order valence-corrected chi connectivity index (χ0v) is 14.7. The van der Waals surface area contributed by atoms with Crippen LogP contribution in [-0.4, -0.2) is 29.6 Å². The number of carboxylic acids is 1. The second kappa shape index (κ2) is 7.19. The van der Waals surface area contributed by atoms with Crippen molar-refractivity contribution < 1.29 is 23.8 Å². The lowest BCUT2D eigenvalue weighted by Crippen LogP contribution is -2.46. The molecule has 0 spiro atoms. The molecule has 138 valence electrons. The Morgan fingerprint density at radius 2 is 2.00 bits per heavy atom. The van der Waals surface area contributed by atoms with E-state index in [0.717, 1.165) is 35.8 Å². The molecule has 1 atom stereocenters. The molecule has 3 rings (SSSR count). The van der Waals surface area contributed by atoms with E-state index in [4.69, 9.17) is 14.3 Å². The standard InChI is InChI=1S/C19H21NO6/c1-10(2)17(18(22)23)20-16(21)9-25-11-6-7-13-12-4-3-5-14(12)19(24)26-15(13)8-11/h6-8,10,17H,3-5,9H2,1-2H3,(H,20,21)(H,22,23)/t17-/m1/s1. The topological polar surface area (TPSA) is 106 Å². The highest BCUT2D eigenvalue weighted by Gasteiger charge is 2.23. The third-order valence-electron chi connectivity index (χ3n) is 4.56. The van der Waals surface area contributed by atoms with E-state index in [1.54, 1.807) is 26.0 Å². The van der Waals surface area contributed by atoms with Crippen molar-refractivity contribution in [3.8, 4) is 5.75 Å². The molecular formula is C19H21NO6. The van der Waals surface area contributed by atoms with Crippen molar-refractivity contribution in [1.29, 1.82) is 0 Å². The van der Waals surface area contributed by atoms with Gasteiger partial charge in [0.05, 0.1) is 0 Å². The quantitative estimate of drug-likeness (QED) is 0.763. The average molecular weight is 359 g/mol. The fraction of sp³-hybridized carbons (Fsp3) is 0.421. The van der Waals surface area contributed by atoms with E-state index in [2.05, 4.69) is 5.32 Å². The maximum Gasteiger partial charge on any atom is 0.339 e. The number of carboxylic acid groups (broad SMARTS) is 1. The summed E-state index contributed by atoms with van der Waals surface area (Å²) in [7, 11) is 0. The van der Waals surface area contributed by atoms with Gasteiger partial charge in [0.25, 0.3) is 5.91 Å². The molecule has 1 aliphatic rings. The molecule has 0 bridgehead atoms. The second-order valence-electron chi connectivity index (χ2n) is 6.77. The molecule has 0 fully saturated rings. The summed E-state index contributed by atoms with van der Waals surface area (Å²) < 4.78 is 10.8. The van der Waals surface area contributed by atoms with Gasteiger partial charge in [0.2, 0.25) is 0 Å². The first-order valence-corrected chi connectivity index (χ1v) is 8.60. The molecule has 0 aliphatic heterocycles. The summed E-state index contributed by atoms with van der Waals surface area (Å²) in [5.74, 6) is -1.48. The molecule has 0 saturated heterocycles. The zero-order chi connectivity index (χ0) is 18.8. The smallest absolute Gasteiger partial charge is 0.339 e. The SMILES string of the molecule is CC(C)[C@@H](NC(=O)COc1ccc2c3c(c(=O)oc2c1)CCC3)C(=O)O. The van der Waals surface area contributed by atoms with E-state index in [1.165, 1.54) is 0 Å². The summed E-state index contributed by atoms with van der Waals surface area (Å²) in [5, 5.41) is 12.4. The number of hydrogen-bond acceptors (Lipinski definition) is 5. The minimum Gasteiger partial charge on any atom is -0.484 e. The highest BCUT2D eigenvalue weighted by atomic mass is 16.5. The molecule has 2 aromatic rings. The number of rotatable bonds is 6. The molecule has 7 nitrogen and oxygen atoms in total. The van der Waals surface area contributed by atoms with Crippen molar-refractivity contribution in [3.05, 3.63) is 39.7 Å². The maximum atomic E-state index is 12.0. The normalized spacial score (nSPS) is 14.3. The molecule has 26 heavy (non-hydrogen) atoms. The number of carbonyl (C=O) groups excluding carboxylic acids is 1. The van der Waals surface area contributed by atoms with Crippen LogP contribution in [0.3, 0.4) is 0 Å². The lowest BCUT2D eigenvalue weighted by Gasteiger charge is -2.18. The Morgan fingerprint density at radius 1 is 1.27 bits per heavy atom. The van der Waals surface area contributed by atoms with Crippen LogP contribution in [0.15, 0.2) is 27.4 Å². The Morgan fingerprint density at radius 3 is 2.69 bits per heavy atom. The van der Waals surface area contributed by atoms with E-state index in [-0.39, 0.29) is 18.2 Å². The Labute approximate surface area is 150 Å². The molecule has 1 aromatic heterocycles. The molecule has 0 saturated carbocycles. The van der Waals surface area contributed by atoms with Crippen molar-refractivity contribution >= 4 is 22.8 Å². The van der Waals surface area contributed by atoms with Crippen LogP contribution in [-0.2, 0) is 22.4 Å². The van der Waals surface area contributed by atoms with E-state index in [9.17, 15) is 14.4 Å². The van der Waals surface area contributed by atoms with Gasteiger partial charge in [-0.1, -0.05) is 13.8 Å². The molecule has 1 heterocycles. The third-order valence-corrected chi connectivity index (χ3v) is 4.56. The molecule has 0 radical (unpaired) electrons. The van der Waals surface area contributed by atoms with Gasteiger partial charge < -0.3 is 19.6 Å². The number of fused-ring (bicyclic) bond motifs is 3. The second-order valence-corrected chi connectivity index (χ2v) is 6.77. The monoisotopic (exact) mass is 359 g/mol. The molecule has 7 heteroatoms. The first-order chi connectivity index (χ1) is 12.4. The van der Waals surface area contributed by atoms with Crippen molar-refractivity contribution in [2.45, 2.75) is 39.2 Å². The van der Waals surface area contributed by atoms with Crippen molar-refractivity contribution in [2.75, 3.05) is 6.61 Å². The Balaban J connectivity index is 1.72. The number of carbonyl (C=O) groups is 2. The number of benzene rings is 1. The summed E-state index contributed by atoms with van der Waals surface area (Å²) in [4.78, 5) is 35.1. The number of amides is 1. The maximum absolute atomic E-state index is 12.0. The van der Waals surface area contributed by atoms with Gasteiger partial charge in [0.1, 0.15) is 17.4 Å². The van der Waals surface area contributed by atoms with E-state index in [1.807, 2.05) is 6.07 Å². The van der Waals surface area contributed by atoms with Gasteiger partial charge in [-0.2, -0.15) is 0 Å². The van der Waals surface area contributed by atoms with Crippen LogP contribution in [0.1, 0.15) is 31.4 Å². The molecule has 2 N–H and O–H groups in total. The van der Waals surface area contributed by atoms with Crippen LogP contribution < -0.4 is 15.7 Å². The lowest BCUT2D eigenvalue weighted by molar-refractivity contribution is -0.143. The zero-order valence-electron chi connectivity index (χ0n) is 14.7. The average Bonchev–Trinajstić information content (AvgIpc) is 3.07. The van der Waals surface area contributed by atoms with Gasteiger partial charge in [-0.3, -0.25) is 4.79 Å². The first kappa shape index (κ1) is 18.0. The molecular weight excluding hydrogens is 338 g/mol. The van der Waals surface area contributed by atoms with E-state index < -0.39 is 17.9 Å². The molecule has 1 aliphatic carbocycles. The fourth-order valence-corrected chi connectivity index (χ4v) is 3.23. The van der Waals surface area contributed by atoms with Gasteiger partial charge in [-0.15, -0.1) is 0 Å². The number of nitrogens with one attached hydrogen (secondary N) is 1. The summed E-state index contributed by atoms with van der Waals surface area (Å²) >= 11 is 0. The number of hydrogen-bond donors (Lipinski definition) is 2. The van der Waals surface area contributed by atoms with Crippen LogP contribution in [0.2, 0.25) is 0 Å². The van der Waals surface area contributed by atoms with Crippen LogP contribution in [0, 0.1) is 5.92 Å². The van der Waals surface area contributed by atoms with Crippen LogP contribution in [0.25, 0.3) is 11.0 Å². The Bertz CT molecular complexity index is 914. The fourth-order valence-electron chi connectivity index (χ4n) is 3.23. The van der Waals surface area contributed by atoms with Crippen LogP contribution in [0.4, 0.5) is 0 Å². The highest BCUT2D eigenvalue weighted by molar-refractivity contribution is 5.85. The van der Waals surface area contributed by atoms with Crippen LogP contribution >= 0.6 is 0 Å². The van der Waals surface area contributed by atoms with E-state index in [0.29, 0.717) is 11.3 Å². The molecule has 0 unspecified atom stereocenters. The number of ether oxygens (including phenoxy) is 1. The summed E-state index contributed by atoms with van der Waals surface area (Å²) in [6.07, 6.45) is 2.54. The van der Waals surface area contributed by atoms with Crippen molar-refractivity contribution in [2.24, 2.45) is 5.92 Å². The molecule has 1 aromatic carbocycles. The highest BCUT2D eigenvalue weighted by Crippen LogP contribution is 2.29. The Hall–Kier alpha value is -2.83. The minimum atomic E-state index is -1.09. The minimum absolute atomic E-state index is 0.242. The lowest BCUT2D eigenvalue weighted by atomic mass is 10.1. The van der Waals surface area contributed by atoms with Crippen molar-refractivity contribution in [3.63, 3.8) is 0 Å². The van der Waals surface area contributed by atoms with Gasteiger partial charge in [0, 0.05) is 17.0 Å². The van der Waals surface area contributed by atoms with Crippen LogP contribution in [0.5, 0.6) is 5.75 Å². The van der Waals surface area contributed by atoms with Gasteiger partial charge in [-0.05, 0) is 42.9 Å². The van der Waals surface area contributed by atoms with Crippen molar-refractivity contribution in [1.82, 2.24) is 5.32 Å². The van der Waals surface area contributed by atoms with Gasteiger partial charge in [0.15, 0.2) is 6.61 Å². The van der Waals surface area contributed by atoms with E-state index >= 15 is 0 Å². The largest absolute Gasteiger partial charge is 0.484 e. The summed E-state index contributed by atoms with van der Waals surface area (Å²) in [6, 6.07) is 4.15. The van der Waals surface area contributed by atoms with Gasteiger partial charge >= 0.3 is 11.6 Å². The predicted octanol–water partition coefficient (Wildman–Crippen LogP) is 1.89. The number of aryl methyl sites for hydroxylation is 1. The summed E-state index contributed by atoms with van der Waals surface area (Å²) in [6.45, 7) is 3.10. The number of aliphatic carboxylic acids is 1. The molecule has 1 amide bonds. The van der Waals surface area contributed by atoms with Gasteiger partial charge in [-0.25, -0.2) is 9.59 Å².